The Morgan fingerprint density at radius 3 is 1.65 bits per heavy atom. The van der Waals surface area contributed by atoms with Crippen LogP contribution < -0.4 is 0 Å². The highest BCUT2D eigenvalue weighted by molar-refractivity contribution is 6.24. The van der Waals surface area contributed by atoms with Gasteiger partial charge in [-0.3, -0.25) is 4.57 Å². The highest BCUT2D eigenvalue weighted by atomic mass is 16.3. The van der Waals surface area contributed by atoms with Crippen molar-refractivity contribution in [2.75, 3.05) is 0 Å². The minimum absolute atomic E-state index is 0.464. The third-order valence-corrected chi connectivity index (χ3v) is 11.9. The Labute approximate surface area is 359 Å². The lowest BCUT2D eigenvalue weighted by molar-refractivity contribution is 0.667. The molecule has 0 fully saturated rings. The zero-order valence-electron chi connectivity index (χ0n) is 33.5. The van der Waals surface area contributed by atoms with Gasteiger partial charge in [0.15, 0.2) is 23.1 Å². The molecule has 0 N–H and O–H groups in total. The summed E-state index contributed by atoms with van der Waals surface area (Å²) in [7, 11) is 0. The van der Waals surface area contributed by atoms with E-state index in [0.29, 0.717) is 45.8 Å². The molecular weight excluding hydrogens is 777 g/mol. The van der Waals surface area contributed by atoms with Crippen LogP contribution in [0.3, 0.4) is 0 Å². The molecule has 13 rings (SSSR count). The van der Waals surface area contributed by atoms with Gasteiger partial charge in [-0.25, -0.2) is 15.0 Å². The molecule has 0 saturated carbocycles. The standard InChI is InChI=1S/C55H32N6O2/c1-4-14-33(15-5-1)34-24-26-35(27-25-34)48-51-49(57-52(56-48)36-16-6-2-7-17-36)47-45(63-51)31-30-42-39-20-10-12-22-43(39)61(50(42)47)55-59-53(37-18-8-3-9-19-37)58-54(60-55)38-28-29-41-40-21-11-13-23-44(40)62-46(41)32-38/h1-32H. The van der Waals surface area contributed by atoms with E-state index in [0.717, 1.165) is 82.5 Å². The summed E-state index contributed by atoms with van der Waals surface area (Å²) in [5.41, 5.74) is 11.9. The Morgan fingerprint density at radius 1 is 0.349 bits per heavy atom. The van der Waals surface area contributed by atoms with Gasteiger partial charge in [0.05, 0.1) is 16.4 Å². The van der Waals surface area contributed by atoms with Crippen LogP contribution in [0.4, 0.5) is 0 Å². The van der Waals surface area contributed by atoms with Crippen LogP contribution >= 0.6 is 0 Å². The molecule has 5 heterocycles. The van der Waals surface area contributed by atoms with E-state index in [1.54, 1.807) is 0 Å². The molecule has 0 saturated heterocycles. The summed E-state index contributed by atoms with van der Waals surface area (Å²) in [5, 5.41) is 5.00. The van der Waals surface area contributed by atoms with Crippen molar-refractivity contribution in [2.24, 2.45) is 0 Å². The first-order valence-corrected chi connectivity index (χ1v) is 20.8. The lowest BCUT2D eigenvalue weighted by Crippen LogP contribution is -2.06. The first kappa shape index (κ1) is 35.0. The summed E-state index contributed by atoms with van der Waals surface area (Å²) in [6.45, 7) is 0. The maximum Gasteiger partial charge on any atom is 0.238 e. The van der Waals surface area contributed by atoms with E-state index in [9.17, 15) is 0 Å². The van der Waals surface area contributed by atoms with Crippen molar-refractivity contribution < 1.29 is 8.83 Å². The van der Waals surface area contributed by atoms with E-state index >= 15 is 0 Å². The molecule has 8 nitrogen and oxygen atoms in total. The van der Waals surface area contributed by atoms with Gasteiger partial charge in [0.2, 0.25) is 5.95 Å². The second-order valence-corrected chi connectivity index (χ2v) is 15.6. The molecule has 63 heavy (non-hydrogen) atoms. The SMILES string of the molecule is c1ccc(-c2ccc(-c3nc(-c4ccccc4)nc4c3oc3ccc5c6ccccc6n(-c6nc(-c7ccccc7)nc(-c7ccc8c(c7)oc7ccccc78)n6)c5c34)cc2)cc1. The quantitative estimate of drug-likeness (QED) is 0.165. The third-order valence-electron chi connectivity index (χ3n) is 11.9. The highest BCUT2D eigenvalue weighted by Gasteiger charge is 2.25. The van der Waals surface area contributed by atoms with Gasteiger partial charge in [-0.05, 0) is 47.5 Å². The average molecular weight is 809 g/mol. The molecular formula is C55H32N6O2. The van der Waals surface area contributed by atoms with Crippen molar-refractivity contribution >= 4 is 65.8 Å². The van der Waals surface area contributed by atoms with Gasteiger partial charge in [-0.15, -0.1) is 0 Å². The number of hydrogen-bond acceptors (Lipinski definition) is 7. The van der Waals surface area contributed by atoms with Crippen molar-refractivity contribution in [3.8, 4) is 62.5 Å². The van der Waals surface area contributed by atoms with E-state index in [-0.39, 0.29) is 0 Å². The molecule has 0 spiro atoms. The van der Waals surface area contributed by atoms with Crippen molar-refractivity contribution in [1.82, 2.24) is 29.5 Å². The molecule has 0 aliphatic heterocycles. The lowest BCUT2D eigenvalue weighted by atomic mass is 10.0. The van der Waals surface area contributed by atoms with Crippen LogP contribution in [-0.2, 0) is 0 Å². The predicted octanol–water partition coefficient (Wildman–Crippen LogP) is 13.9. The maximum atomic E-state index is 6.89. The smallest absolute Gasteiger partial charge is 0.238 e. The van der Waals surface area contributed by atoms with Crippen LogP contribution in [0.15, 0.2) is 203 Å². The zero-order valence-corrected chi connectivity index (χ0v) is 33.5. The summed E-state index contributed by atoms with van der Waals surface area (Å²) in [6.07, 6.45) is 0. The molecule has 0 amide bonds. The van der Waals surface area contributed by atoms with Crippen molar-refractivity contribution in [3.63, 3.8) is 0 Å². The van der Waals surface area contributed by atoms with Gasteiger partial charge in [0, 0.05) is 43.8 Å². The fourth-order valence-electron chi connectivity index (χ4n) is 8.93. The van der Waals surface area contributed by atoms with Gasteiger partial charge < -0.3 is 8.83 Å². The maximum absolute atomic E-state index is 6.89. The third kappa shape index (κ3) is 5.66. The van der Waals surface area contributed by atoms with Gasteiger partial charge >= 0.3 is 0 Å². The van der Waals surface area contributed by atoms with E-state index < -0.39 is 0 Å². The van der Waals surface area contributed by atoms with Crippen LogP contribution in [0.1, 0.15) is 0 Å². The summed E-state index contributed by atoms with van der Waals surface area (Å²) in [5.74, 6) is 2.13. The molecule has 0 aliphatic rings. The lowest BCUT2D eigenvalue weighted by Gasteiger charge is -2.11. The van der Waals surface area contributed by atoms with Crippen LogP contribution in [0.2, 0.25) is 0 Å². The summed E-state index contributed by atoms with van der Waals surface area (Å²) < 4.78 is 15.4. The second-order valence-electron chi connectivity index (χ2n) is 15.6. The summed E-state index contributed by atoms with van der Waals surface area (Å²) in [4.78, 5) is 26.2. The fourth-order valence-corrected chi connectivity index (χ4v) is 8.93. The minimum atomic E-state index is 0.464. The van der Waals surface area contributed by atoms with Crippen molar-refractivity contribution in [1.29, 1.82) is 0 Å². The largest absolute Gasteiger partial charge is 0.456 e. The number of benzene rings is 8. The number of fused-ring (bicyclic) bond motifs is 10. The summed E-state index contributed by atoms with van der Waals surface area (Å²) >= 11 is 0. The Hall–Kier alpha value is -8.75. The highest BCUT2D eigenvalue weighted by Crippen LogP contribution is 2.43. The normalized spacial score (nSPS) is 11.8. The number of aromatic nitrogens is 6. The Balaban J connectivity index is 1.10. The number of rotatable bonds is 6. The second kappa shape index (κ2) is 13.9. The van der Waals surface area contributed by atoms with Gasteiger partial charge in [0.25, 0.3) is 0 Å². The first-order valence-electron chi connectivity index (χ1n) is 20.8. The van der Waals surface area contributed by atoms with Crippen molar-refractivity contribution in [2.45, 2.75) is 0 Å². The van der Waals surface area contributed by atoms with Crippen molar-refractivity contribution in [3.05, 3.63) is 194 Å². The monoisotopic (exact) mass is 808 g/mol. The number of para-hydroxylation sites is 2. The van der Waals surface area contributed by atoms with Crippen LogP contribution in [-0.4, -0.2) is 29.5 Å². The van der Waals surface area contributed by atoms with Gasteiger partial charge in [-0.1, -0.05) is 158 Å². The van der Waals surface area contributed by atoms with Gasteiger partial charge in [-0.2, -0.15) is 9.97 Å². The minimum Gasteiger partial charge on any atom is -0.456 e. The molecule has 294 valence electrons. The van der Waals surface area contributed by atoms with E-state index in [2.05, 4.69) is 95.6 Å². The van der Waals surface area contributed by atoms with E-state index in [1.165, 1.54) is 0 Å². The van der Waals surface area contributed by atoms with E-state index in [1.807, 2.05) is 103 Å². The molecule has 0 unspecified atom stereocenters. The Kier molecular flexibility index (Phi) is 7.74. The van der Waals surface area contributed by atoms with E-state index in [4.69, 9.17) is 33.8 Å². The number of nitrogens with zero attached hydrogens (tertiary/aromatic N) is 6. The van der Waals surface area contributed by atoms with Crippen LogP contribution in [0.25, 0.3) is 128 Å². The number of hydrogen-bond donors (Lipinski definition) is 0. The Bertz CT molecular complexity index is 3890. The van der Waals surface area contributed by atoms with Crippen LogP contribution in [0, 0.1) is 0 Å². The first-order chi connectivity index (χ1) is 31.2. The molecule has 8 aromatic carbocycles. The predicted molar refractivity (Wildman–Crippen MR) is 251 cm³/mol. The fraction of sp³-hybridized carbons (Fsp3) is 0. The molecule has 0 aliphatic carbocycles. The zero-order chi connectivity index (χ0) is 41.4. The average Bonchev–Trinajstić information content (AvgIpc) is 4.04. The number of furan rings is 2. The topological polar surface area (TPSA) is 95.7 Å². The molecule has 0 atom stereocenters. The Morgan fingerprint density at radius 2 is 0.905 bits per heavy atom. The molecule has 5 aromatic heterocycles. The molecule has 8 heteroatoms. The van der Waals surface area contributed by atoms with Gasteiger partial charge in [0.1, 0.15) is 28.0 Å². The molecule has 13 aromatic rings. The molecule has 0 bridgehead atoms. The summed E-state index contributed by atoms with van der Waals surface area (Å²) in [6, 6.07) is 65.8. The molecule has 0 radical (unpaired) electrons. The van der Waals surface area contributed by atoms with Crippen LogP contribution in [0.5, 0.6) is 0 Å².